The summed E-state index contributed by atoms with van der Waals surface area (Å²) in [5, 5.41) is 0. The number of rotatable bonds is 0. The Morgan fingerprint density at radius 2 is 2.09 bits per heavy atom. The molecule has 64 valence electrons. The third-order valence-electron chi connectivity index (χ3n) is 2.85. The number of nitrogens with zero attached hydrogens (tertiary/aromatic N) is 2. The van der Waals surface area contributed by atoms with Crippen LogP contribution in [0.3, 0.4) is 0 Å². The zero-order valence-corrected chi connectivity index (χ0v) is 7.16. The van der Waals surface area contributed by atoms with Gasteiger partial charge in [0.25, 0.3) is 0 Å². The molecule has 2 saturated heterocycles. The Balaban J connectivity index is 1.97. The number of piperazine rings is 1. The van der Waals surface area contributed by atoms with Crippen LogP contribution in [0.5, 0.6) is 0 Å². The highest BCUT2D eigenvalue weighted by Gasteiger charge is 2.32. The highest BCUT2D eigenvalue weighted by Crippen LogP contribution is 2.19. The molecule has 2 aliphatic rings. The molecule has 0 bridgehead atoms. The number of hydrogen-bond acceptors (Lipinski definition) is 3. The van der Waals surface area contributed by atoms with Gasteiger partial charge in [0.15, 0.2) is 0 Å². The number of hydrogen-bond donors (Lipinski definition) is 1. The maximum atomic E-state index is 5.88. The SMILES string of the molecule is CN1CCN2C[C@@H](N)C[C@H]2C1. The van der Waals surface area contributed by atoms with Gasteiger partial charge in [-0.2, -0.15) is 0 Å². The molecular weight excluding hydrogens is 138 g/mol. The van der Waals surface area contributed by atoms with Crippen LogP contribution in [-0.2, 0) is 0 Å². The number of nitrogens with two attached hydrogens (primary N) is 1. The Kier molecular flexibility index (Phi) is 1.87. The first kappa shape index (κ1) is 7.53. The van der Waals surface area contributed by atoms with Crippen molar-refractivity contribution < 1.29 is 0 Å². The summed E-state index contributed by atoms with van der Waals surface area (Å²) in [6.07, 6.45) is 1.20. The minimum Gasteiger partial charge on any atom is -0.326 e. The summed E-state index contributed by atoms with van der Waals surface area (Å²) < 4.78 is 0. The van der Waals surface area contributed by atoms with Gasteiger partial charge in [-0.25, -0.2) is 0 Å². The molecule has 0 unspecified atom stereocenters. The van der Waals surface area contributed by atoms with Gasteiger partial charge >= 0.3 is 0 Å². The quantitative estimate of drug-likeness (QED) is 0.504. The second kappa shape index (κ2) is 2.73. The standard InChI is InChI=1S/C8H17N3/c1-10-2-3-11-5-7(9)4-8(11)6-10/h7-8H,2-6,9H2,1H3/t7-,8-/m0/s1. The first-order valence-electron chi connectivity index (χ1n) is 4.44. The minimum atomic E-state index is 0.437. The van der Waals surface area contributed by atoms with Crippen molar-refractivity contribution in [2.45, 2.75) is 18.5 Å². The lowest BCUT2D eigenvalue weighted by molar-refractivity contribution is 0.124. The molecule has 2 aliphatic heterocycles. The fourth-order valence-electron chi connectivity index (χ4n) is 2.24. The van der Waals surface area contributed by atoms with Crippen molar-refractivity contribution in [2.24, 2.45) is 5.73 Å². The predicted molar refractivity (Wildman–Crippen MR) is 45.5 cm³/mol. The van der Waals surface area contributed by atoms with E-state index in [9.17, 15) is 0 Å². The molecule has 2 N–H and O–H groups in total. The largest absolute Gasteiger partial charge is 0.326 e. The molecule has 0 radical (unpaired) electrons. The van der Waals surface area contributed by atoms with Crippen LogP contribution >= 0.6 is 0 Å². The van der Waals surface area contributed by atoms with Crippen molar-refractivity contribution >= 4 is 0 Å². The Morgan fingerprint density at radius 1 is 1.27 bits per heavy atom. The molecule has 3 nitrogen and oxygen atoms in total. The summed E-state index contributed by atoms with van der Waals surface area (Å²) in [7, 11) is 2.20. The Bertz CT molecular complexity index is 148. The molecule has 2 heterocycles. The van der Waals surface area contributed by atoms with Crippen LogP contribution in [0.1, 0.15) is 6.42 Å². The van der Waals surface area contributed by atoms with Crippen molar-refractivity contribution in [2.75, 3.05) is 33.2 Å². The molecule has 0 aromatic heterocycles. The van der Waals surface area contributed by atoms with Gasteiger partial charge in [-0.1, -0.05) is 0 Å². The van der Waals surface area contributed by atoms with Gasteiger partial charge in [0, 0.05) is 38.3 Å². The molecule has 0 aromatic rings. The van der Waals surface area contributed by atoms with E-state index in [2.05, 4.69) is 16.8 Å². The molecule has 0 aromatic carbocycles. The van der Waals surface area contributed by atoms with Crippen LogP contribution in [0.15, 0.2) is 0 Å². The maximum absolute atomic E-state index is 5.88. The molecule has 0 saturated carbocycles. The van der Waals surface area contributed by atoms with Crippen LogP contribution < -0.4 is 5.73 Å². The van der Waals surface area contributed by atoms with Crippen LogP contribution in [0.2, 0.25) is 0 Å². The van der Waals surface area contributed by atoms with Gasteiger partial charge in [0.05, 0.1) is 0 Å². The average molecular weight is 155 g/mol. The van der Waals surface area contributed by atoms with Gasteiger partial charge in [-0.05, 0) is 13.5 Å². The van der Waals surface area contributed by atoms with Gasteiger partial charge in [-0.15, -0.1) is 0 Å². The first-order chi connectivity index (χ1) is 5.25. The molecular formula is C8H17N3. The molecule has 0 aliphatic carbocycles. The highest BCUT2D eigenvalue weighted by atomic mass is 15.3. The van der Waals surface area contributed by atoms with E-state index in [-0.39, 0.29) is 0 Å². The number of fused-ring (bicyclic) bond motifs is 1. The van der Waals surface area contributed by atoms with Crippen molar-refractivity contribution in [3.63, 3.8) is 0 Å². The summed E-state index contributed by atoms with van der Waals surface area (Å²) >= 11 is 0. The molecule has 2 rings (SSSR count). The lowest BCUT2D eigenvalue weighted by Gasteiger charge is -2.35. The van der Waals surface area contributed by atoms with Crippen molar-refractivity contribution in [1.82, 2.24) is 9.80 Å². The van der Waals surface area contributed by atoms with Gasteiger partial charge in [0.2, 0.25) is 0 Å². The predicted octanol–water partition coefficient (Wildman–Crippen LogP) is -0.667. The van der Waals surface area contributed by atoms with E-state index in [1.807, 2.05) is 0 Å². The monoisotopic (exact) mass is 155 g/mol. The zero-order chi connectivity index (χ0) is 7.84. The summed E-state index contributed by atoms with van der Waals surface area (Å²) in [5.74, 6) is 0. The van der Waals surface area contributed by atoms with E-state index in [1.54, 1.807) is 0 Å². The summed E-state index contributed by atoms with van der Waals surface area (Å²) in [6, 6.07) is 1.19. The van der Waals surface area contributed by atoms with E-state index in [4.69, 9.17) is 5.73 Å². The first-order valence-corrected chi connectivity index (χ1v) is 4.44. The van der Waals surface area contributed by atoms with Crippen molar-refractivity contribution in [3.05, 3.63) is 0 Å². The van der Waals surface area contributed by atoms with Gasteiger partial charge < -0.3 is 10.6 Å². The van der Waals surface area contributed by atoms with Gasteiger partial charge in [0.1, 0.15) is 0 Å². The second-order valence-corrected chi connectivity index (χ2v) is 3.91. The fourth-order valence-corrected chi connectivity index (χ4v) is 2.24. The molecule has 11 heavy (non-hydrogen) atoms. The van der Waals surface area contributed by atoms with E-state index in [0.717, 1.165) is 12.6 Å². The fraction of sp³-hybridized carbons (Fsp3) is 1.00. The van der Waals surface area contributed by atoms with Crippen LogP contribution in [-0.4, -0.2) is 55.1 Å². The van der Waals surface area contributed by atoms with Crippen LogP contribution in [0.25, 0.3) is 0 Å². The Labute approximate surface area is 68.1 Å². The van der Waals surface area contributed by atoms with Crippen LogP contribution in [0.4, 0.5) is 0 Å². The van der Waals surface area contributed by atoms with E-state index < -0.39 is 0 Å². The topological polar surface area (TPSA) is 32.5 Å². The lowest BCUT2D eigenvalue weighted by Crippen LogP contribution is -2.48. The Morgan fingerprint density at radius 3 is 2.91 bits per heavy atom. The summed E-state index contributed by atoms with van der Waals surface area (Å²) in [6.45, 7) is 4.77. The molecule has 0 amide bonds. The maximum Gasteiger partial charge on any atom is 0.0239 e. The average Bonchev–Trinajstić information content (AvgIpc) is 2.27. The minimum absolute atomic E-state index is 0.437. The molecule has 2 atom stereocenters. The molecule has 2 fully saturated rings. The van der Waals surface area contributed by atoms with E-state index in [1.165, 1.54) is 26.1 Å². The van der Waals surface area contributed by atoms with Crippen molar-refractivity contribution in [3.8, 4) is 0 Å². The zero-order valence-electron chi connectivity index (χ0n) is 7.16. The normalized spacial score (nSPS) is 40.9. The molecule has 0 spiro atoms. The summed E-state index contributed by atoms with van der Waals surface area (Å²) in [4.78, 5) is 4.93. The lowest BCUT2D eigenvalue weighted by atomic mass is 10.1. The van der Waals surface area contributed by atoms with Gasteiger partial charge in [-0.3, -0.25) is 4.90 Å². The Hall–Kier alpha value is -0.120. The third kappa shape index (κ3) is 1.41. The van der Waals surface area contributed by atoms with E-state index >= 15 is 0 Å². The molecule has 3 heteroatoms. The smallest absolute Gasteiger partial charge is 0.0239 e. The van der Waals surface area contributed by atoms with Crippen LogP contribution in [0, 0.1) is 0 Å². The highest BCUT2D eigenvalue weighted by molar-refractivity contribution is 4.91. The number of likely N-dealkylation sites (N-methyl/N-ethyl adjacent to an activating group) is 1. The second-order valence-electron chi connectivity index (χ2n) is 3.91. The summed E-state index contributed by atoms with van der Waals surface area (Å²) in [5.41, 5.74) is 5.88. The van der Waals surface area contributed by atoms with E-state index in [0.29, 0.717) is 6.04 Å². The third-order valence-corrected chi connectivity index (χ3v) is 2.85. The van der Waals surface area contributed by atoms with Crippen molar-refractivity contribution in [1.29, 1.82) is 0 Å².